The van der Waals surface area contributed by atoms with E-state index >= 15 is 0 Å². The van der Waals surface area contributed by atoms with Crippen LogP contribution in [0.1, 0.15) is 39.4 Å². The lowest BCUT2D eigenvalue weighted by atomic mass is 9.98. The molecule has 9 nitrogen and oxygen atoms in total. The summed E-state index contributed by atoms with van der Waals surface area (Å²) >= 11 is 0. The molecule has 7 atom stereocenters. The summed E-state index contributed by atoms with van der Waals surface area (Å²) in [5, 5.41) is 42.3. The smallest absolute Gasteiger partial charge is 0.407 e. The lowest BCUT2D eigenvalue weighted by Crippen LogP contribution is -2.59. The van der Waals surface area contributed by atoms with Gasteiger partial charge in [0.15, 0.2) is 6.29 Å². The molecule has 5 N–H and O–H groups in total. The quantitative estimate of drug-likeness (QED) is 0.453. The van der Waals surface area contributed by atoms with E-state index in [4.69, 9.17) is 14.2 Å². The van der Waals surface area contributed by atoms with Gasteiger partial charge in [0.2, 0.25) is 0 Å². The van der Waals surface area contributed by atoms with Gasteiger partial charge >= 0.3 is 6.09 Å². The van der Waals surface area contributed by atoms with Gasteiger partial charge in [-0.3, -0.25) is 0 Å². The third-order valence-corrected chi connectivity index (χ3v) is 4.46. The Morgan fingerprint density at radius 3 is 2.31 bits per heavy atom. The number of hydrogen-bond donors (Lipinski definition) is 5. The van der Waals surface area contributed by atoms with Gasteiger partial charge < -0.3 is 40.0 Å². The molecule has 0 aromatic heterocycles. The van der Waals surface area contributed by atoms with Crippen LogP contribution in [0, 0.1) is 0 Å². The highest BCUT2D eigenvalue weighted by atomic mass is 16.7. The van der Waals surface area contributed by atoms with E-state index in [0.29, 0.717) is 5.56 Å². The average molecular weight is 413 g/mol. The van der Waals surface area contributed by atoms with Crippen molar-refractivity contribution in [2.24, 2.45) is 0 Å². The zero-order valence-electron chi connectivity index (χ0n) is 17.1. The van der Waals surface area contributed by atoms with Crippen molar-refractivity contribution in [3.8, 4) is 0 Å². The molecule has 1 heterocycles. The molecule has 1 aromatic rings. The first-order valence-corrected chi connectivity index (χ1v) is 9.54. The Kier molecular flexibility index (Phi) is 7.98. The van der Waals surface area contributed by atoms with E-state index < -0.39 is 61.2 Å². The molecule has 0 radical (unpaired) electrons. The average Bonchev–Trinajstić information content (AvgIpc) is 2.64. The summed E-state index contributed by atoms with van der Waals surface area (Å²) in [6, 6.07) is 8.36. The number of nitrogens with one attached hydrogen (secondary N) is 1. The highest BCUT2D eigenvalue weighted by molar-refractivity contribution is 5.68. The number of benzene rings is 1. The van der Waals surface area contributed by atoms with Gasteiger partial charge in [0.25, 0.3) is 0 Å². The molecule has 7 unspecified atom stereocenters. The molecule has 1 aromatic carbocycles. The second-order valence-electron chi connectivity index (χ2n) is 8.10. The van der Waals surface area contributed by atoms with Crippen LogP contribution in [0.25, 0.3) is 0 Å². The molecular weight excluding hydrogens is 382 g/mol. The van der Waals surface area contributed by atoms with Gasteiger partial charge in [0.05, 0.1) is 12.6 Å². The maximum atomic E-state index is 12.2. The summed E-state index contributed by atoms with van der Waals surface area (Å²) in [5.41, 5.74) is 0.0116. The number of rotatable bonds is 6. The second-order valence-corrected chi connectivity index (χ2v) is 8.10. The number of alkyl carbamates (subject to hydrolysis) is 1. The van der Waals surface area contributed by atoms with Crippen LogP contribution in [0.15, 0.2) is 30.3 Å². The molecule has 1 fully saturated rings. The summed E-state index contributed by atoms with van der Waals surface area (Å²) in [5.74, 6) is 0. The fourth-order valence-electron chi connectivity index (χ4n) is 3.02. The minimum Gasteiger partial charge on any atom is -0.444 e. The molecule has 29 heavy (non-hydrogen) atoms. The molecule has 9 heteroatoms. The van der Waals surface area contributed by atoms with Gasteiger partial charge in [0.1, 0.15) is 36.1 Å². The van der Waals surface area contributed by atoms with Crippen molar-refractivity contribution in [2.75, 3.05) is 6.61 Å². The summed E-state index contributed by atoms with van der Waals surface area (Å²) in [6.07, 6.45) is -8.43. The van der Waals surface area contributed by atoms with Crippen molar-refractivity contribution in [1.29, 1.82) is 0 Å². The van der Waals surface area contributed by atoms with Crippen LogP contribution in [-0.4, -0.2) is 75.5 Å². The molecule has 164 valence electrons. The van der Waals surface area contributed by atoms with Crippen molar-refractivity contribution in [2.45, 2.75) is 76.1 Å². The normalized spacial score (nSPS) is 29.7. The molecule has 0 spiro atoms. The minimum atomic E-state index is -1.56. The van der Waals surface area contributed by atoms with Crippen LogP contribution < -0.4 is 5.32 Å². The summed E-state index contributed by atoms with van der Waals surface area (Å²) in [4.78, 5) is 12.2. The van der Waals surface area contributed by atoms with Gasteiger partial charge in [-0.05, 0) is 33.3 Å². The van der Waals surface area contributed by atoms with Crippen LogP contribution in [0.3, 0.4) is 0 Å². The Labute approximate surface area is 170 Å². The number of carbonyl (C=O) groups excluding carboxylic acids is 1. The Bertz CT molecular complexity index is 648. The first-order chi connectivity index (χ1) is 13.5. The summed E-state index contributed by atoms with van der Waals surface area (Å²) in [6.45, 7) is 6.38. The lowest BCUT2D eigenvalue weighted by molar-refractivity contribution is -0.314. The van der Waals surface area contributed by atoms with Crippen LogP contribution in [-0.2, 0) is 14.2 Å². The van der Waals surface area contributed by atoms with E-state index in [9.17, 15) is 25.2 Å². The fourth-order valence-corrected chi connectivity index (χ4v) is 3.02. The molecule has 0 bridgehead atoms. The molecule has 1 saturated heterocycles. The Morgan fingerprint density at radius 1 is 1.14 bits per heavy atom. The van der Waals surface area contributed by atoms with E-state index in [1.807, 2.05) is 6.07 Å². The van der Waals surface area contributed by atoms with Gasteiger partial charge in [-0.2, -0.15) is 0 Å². The Morgan fingerprint density at radius 2 is 1.76 bits per heavy atom. The maximum Gasteiger partial charge on any atom is 0.407 e. The van der Waals surface area contributed by atoms with E-state index in [1.165, 1.54) is 0 Å². The van der Waals surface area contributed by atoms with Crippen molar-refractivity contribution in [3.63, 3.8) is 0 Å². The zero-order valence-corrected chi connectivity index (χ0v) is 17.1. The van der Waals surface area contributed by atoms with Crippen molar-refractivity contribution in [1.82, 2.24) is 5.32 Å². The number of ether oxygens (including phenoxy) is 3. The van der Waals surface area contributed by atoms with E-state index in [-0.39, 0.29) is 0 Å². The highest BCUT2D eigenvalue weighted by Crippen LogP contribution is 2.29. The number of aliphatic hydroxyl groups excluding tert-OH is 4. The molecule has 1 aliphatic rings. The van der Waals surface area contributed by atoms with Gasteiger partial charge in [-0.1, -0.05) is 30.3 Å². The lowest BCUT2D eigenvalue weighted by Gasteiger charge is -2.41. The van der Waals surface area contributed by atoms with Crippen LogP contribution in [0.4, 0.5) is 4.79 Å². The van der Waals surface area contributed by atoms with Crippen molar-refractivity contribution in [3.05, 3.63) is 35.9 Å². The third-order valence-electron chi connectivity index (χ3n) is 4.46. The van der Waals surface area contributed by atoms with E-state index in [0.717, 1.165) is 0 Å². The summed E-state index contributed by atoms with van der Waals surface area (Å²) < 4.78 is 16.6. The van der Waals surface area contributed by atoms with Gasteiger partial charge in [-0.15, -0.1) is 0 Å². The molecule has 1 amide bonds. The van der Waals surface area contributed by atoms with Crippen molar-refractivity contribution < 1.29 is 39.4 Å². The van der Waals surface area contributed by atoms with E-state index in [1.54, 1.807) is 52.0 Å². The molecule has 1 aliphatic heterocycles. The highest BCUT2D eigenvalue weighted by Gasteiger charge is 2.45. The predicted octanol–water partition coefficient (Wildman–Crippen LogP) is 0.457. The van der Waals surface area contributed by atoms with E-state index in [2.05, 4.69) is 5.32 Å². The van der Waals surface area contributed by atoms with Crippen molar-refractivity contribution >= 4 is 6.09 Å². The molecule has 0 saturated carbocycles. The molecule has 0 aliphatic carbocycles. The number of carbonyl (C=O) groups is 1. The molecule has 2 rings (SSSR count). The Balaban J connectivity index is 2.19. The SMILES string of the molecule is CC(NC(=O)OC(C)(C)C)C(OC1OC(CO)C(O)C(O)C1O)c1ccccc1. The predicted molar refractivity (Wildman–Crippen MR) is 103 cm³/mol. The standard InChI is InChI=1S/C20H31NO8/c1-11(21-19(26)29-20(2,3)4)17(12-8-6-5-7-9-12)28-18-16(25)15(24)14(23)13(10-22)27-18/h5-9,11,13-18,22-25H,10H2,1-4H3,(H,21,26). The topological polar surface area (TPSA) is 138 Å². The monoisotopic (exact) mass is 413 g/mol. The number of amides is 1. The molecular formula is C20H31NO8. The minimum absolute atomic E-state index is 0.563. The summed E-state index contributed by atoms with van der Waals surface area (Å²) in [7, 11) is 0. The maximum absolute atomic E-state index is 12.2. The number of hydrogen-bond acceptors (Lipinski definition) is 8. The first-order valence-electron chi connectivity index (χ1n) is 9.54. The number of aliphatic hydroxyl groups is 4. The van der Waals surface area contributed by atoms with Gasteiger partial charge in [-0.25, -0.2) is 4.79 Å². The second kappa shape index (κ2) is 9.84. The van der Waals surface area contributed by atoms with Gasteiger partial charge in [0, 0.05) is 0 Å². The first kappa shape index (κ1) is 23.5. The van der Waals surface area contributed by atoms with Crippen LogP contribution >= 0.6 is 0 Å². The zero-order chi connectivity index (χ0) is 21.8. The van der Waals surface area contributed by atoms with Crippen LogP contribution in [0.2, 0.25) is 0 Å². The fraction of sp³-hybridized carbons (Fsp3) is 0.650. The van der Waals surface area contributed by atoms with Crippen LogP contribution in [0.5, 0.6) is 0 Å². The third kappa shape index (κ3) is 6.36. The Hall–Kier alpha value is -1.75. The largest absolute Gasteiger partial charge is 0.444 e.